The zero-order valence-corrected chi connectivity index (χ0v) is 23.7. The van der Waals surface area contributed by atoms with Crippen molar-refractivity contribution in [3.63, 3.8) is 0 Å². The van der Waals surface area contributed by atoms with Gasteiger partial charge in [-0.15, -0.1) is 0 Å². The van der Waals surface area contributed by atoms with Crippen LogP contribution in [0.15, 0.2) is 59.6 Å². The van der Waals surface area contributed by atoms with Crippen LogP contribution in [-0.2, 0) is 0 Å². The number of benzene rings is 2. The molecule has 204 valence electrons. The monoisotopic (exact) mass is 515 g/mol. The summed E-state index contributed by atoms with van der Waals surface area (Å²) >= 11 is 0. The van der Waals surface area contributed by atoms with Crippen molar-refractivity contribution in [2.75, 3.05) is 31.5 Å². The predicted octanol–water partition coefficient (Wildman–Crippen LogP) is 5.35. The van der Waals surface area contributed by atoms with Gasteiger partial charge < -0.3 is 20.9 Å². The van der Waals surface area contributed by atoms with E-state index in [0.29, 0.717) is 35.5 Å². The molecule has 6 heteroatoms. The number of hydrogen-bond acceptors (Lipinski definition) is 3. The number of guanidine groups is 1. The van der Waals surface area contributed by atoms with Crippen LogP contribution in [0.1, 0.15) is 69.3 Å². The Hall–Kier alpha value is -2.86. The van der Waals surface area contributed by atoms with Gasteiger partial charge in [0.05, 0.1) is 6.04 Å². The van der Waals surface area contributed by atoms with Gasteiger partial charge in [-0.3, -0.25) is 4.79 Å². The van der Waals surface area contributed by atoms with E-state index in [-0.39, 0.29) is 11.8 Å². The van der Waals surface area contributed by atoms with Gasteiger partial charge in [0.1, 0.15) is 0 Å². The number of rotatable bonds is 6. The molecule has 6 atom stereocenters. The minimum Gasteiger partial charge on any atom is -0.351 e. The summed E-state index contributed by atoms with van der Waals surface area (Å²) in [7, 11) is 0. The van der Waals surface area contributed by atoms with Gasteiger partial charge in [-0.2, -0.15) is 0 Å². The van der Waals surface area contributed by atoms with Crippen molar-refractivity contribution in [3.05, 3.63) is 65.7 Å². The second kappa shape index (κ2) is 11.1. The molecule has 1 amide bonds. The number of hydrogen-bond donors (Lipinski definition) is 3. The van der Waals surface area contributed by atoms with Crippen molar-refractivity contribution in [3.8, 4) is 0 Å². The summed E-state index contributed by atoms with van der Waals surface area (Å²) in [5, 5.41) is 10.3. The van der Waals surface area contributed by atoms with Gasteiger partial charge in [0.15, 0.2) is 5.96 Å². The van der Waals surface area contributed by atoms with Crippen LogP contribution in [0.4, 0.5) is 5.69 Å². The third kappa shape index (κ3) is 5.61. The van der Waals surface area contributed by atoms with Crippen molar-refractivity contribution in [1.29, 1.82) is 0 Å². The third-order valence-corrected chi connectivity index (χ3v) is 9.61. The van der Waals surface area contributed by atoms with E-state index in [1.54, 1.807) is 0 Å². The average Bonchev–Trinajstić information content (AvgIpc) is 2.92. The van der Waals surface area contributed by atoms with Crippen molar-refractivity contribution < 1.29 is 4.79 Å². The Balaban J connectivity index is 1.26. The van der Waals surface area contributed by atoms with E-state index in [9.17, 15) is 4.79 Å². The molecule has 2 aromatic carbocycles. The maximum absolute atomic E-state index is 12.8. The summed E-state index contributed by atoms with van der Waals surface area (Å²) in [5.41, 5.74) is 3.33. The second-order valence-corrected chi connectivity index (χ2v) is 12.5. The Bertz CT molecular complexity index is 1130. The largest absolute Gasteiger partial charge is 0.351 e. The van der Waals surface area contributed by atoms with Gasteiger partial charge in [0.25, 0.3) is 5.91 Å². The molecule has 4 aliphatic rings. The number of carbonyl (C=O) groups excluding carboxylic acids is 1. The molecule has 0 radical (unpaired) electrons. The molecule has 4 fully saturated rings. The van der Waals surface area contributed by atoms with Gasteiger partial charge in [-0.25, -0.2) is 4.99 Å². The molecule has 0 unspecified atom stereocenters. The second-order valence-electron chi connectivity index (χ2n) is 12.5. The Morgan fingerprint density at radius 1 is 1.11 bits per heavy atom. The van der Waals surface area contributed by atoms with Crippen LogP contribution in [0, 0.1) is 23.2 Å². The lowest BCUT2D eigenvalue weighted by atomic mass is 9.45. The molecule has 1 saturated heterocycles. The SMILES string of the molecule is C[C@H]1[C@H](N=C(Nc2ccc(C(=O)NC[C@H](C)c3ccccc3)cc2)N2CCN[C@@H](C)C2)C[C@@H]2C[C@@H]1C2(C)C. The van der Waals surface area contributed by atoms with Gasteiger partial charge in [-0.05, 0) is 78.7 Å². The Kier molecular flexibility index (Phi) is 7.80. The minimum absolute atomic E-state index is 0.0398. The average molecular weight is 516 g/mol. The first-order valence-electron chi connectivity index (χ1n) is 14.5. The number of piperazine rings is 1. The van der Waals surface area contributed by atoms with Crippen molar-refractivity contribution >= 4 is 17.6 Å². The smallest absolute Gasteiger partial charge is 0.251 e. The fourth-order valence-electron chi connectivity index (χ4n) is 6.85. The molecule has 3 saturated carbocycles. The molecular formula is C32H45N5O. The van der Waals surface area contributed by atoms with Crippen molar-refractivity contribution in [2.24, 2.45) is 28.2 Å². The summed E-state index contributed by atoms with van der Waals surface area (Å²) in [6.45, 7) is 15.1. The first-order chi connectivity index (χ1) is 18.2. The predicted molar refractivity (Wildman–Crippen MR) is 157 cm³/mol. The summed E-state index contributed by atoms with van der Waals surface area (Å²) in [6, 6.07) is 18.9. The van der Waals surface area contributed by atoms with E-state index >= 15 is 0 Å². The summed E-state index contributed by atoms with van der Waals surface area (Å²) in [6.07, 6.45) is 2.54. The number of carbonyl (C=O) groups is 1. The highest BCUT2D eigenvalue weighted by molar-refractivity contribution is 5.96. The molecule has 0 spiro atoms. The van der Waals surface area contributed by atoms with E-state index in [1.807, 2.05) is 42.5 Å². The van der Waals surface area contributed by atoms with Gasteiger partial charge in [-0.1, -0.05) is 58.0 Å². The van der Waals surface area contributed by atoms with Crippen molar-refractivity contribution in [2.45, 2.75) is 65.5 Å². The number of fused-ring (bicyclic) bond motifs is 2. The van der Waals surface area contributed by atoms with Crippen LogP contribution >= 0.6 is 0 Å². The molecule has 0 aromatic heterocycles. The number of aliphatic imine (C=N–C) groups is 1. The minimum atomic E-state index is -0.0398. The zero-order chi connectivity index (χ0) is 26.9. The molecule has 3 aliphatic carbocycles. The fraction of sp³-hybridized carbons (Fsp3) is 0.562. The van der Waals surface area contributed by atoms with Crippen LogP contribution < -0.4 is 16.0 Å². The van der Waals surface area contributed by atoms with E-state index in [1.165, 1.54) is 18.4 Å². The van der Waals surface area contributed by atoms with E-state index in [4.69, 9.17) is 4.99 Å². The molecule has 3 N–H and O–H groups in total. The van der Waals surface area contributed by atoms with E-state index < -0.39 is 0 Å². The third-order valence-electron chi connectivity index (χ3n) is 9.61. The lowest BCUT2D eigenvalue weighted by Crippen LogP contribution is -2.57. The Labute approximate surface area is 228 Å². The lowest BCUT2D eigenvalue weighted by Gasteiger charge is -2.61. The number of anilines is 1. The van der Waals surface area contributed by atoms with Crippen LogP contribution in [-0.4, -0.2) is 55.0 Å². The highest BCUT2D eigenvalue weighted by Gasteiger charge is 2.56. The van der Waals surface area contributed by atoms with Crippen LogP contribution in [0.25, 0.3) is 0 Å². The van der Waals surface area contributed by atoms with E-state index in [2.05, 4.69) is 67.6 Å². The van der Waals surface area contributed by atoms with Crippen LogP contribution in [0.5, 0.6) is 0 Å². The van der Waals surface area contributed by atoms with Gasteiger partial charge in [0.2, 0.25) is 0 Å². The maximum atomic E-state index is 12.8. The van der Waals surface area contributed by atoms with Crippen LogP contribution in [0.3, 0.4) is 0 Å². The standard InChI is InChI=1S/C32H45N5O/c1-21(24-9-7-6-8-10-24)19-34-30(38)25-11-13-27(14-12-25)35-31(37-16-15-33-22(2)20-37)36-29-18-26-17-28(23(29)3)32(26,4)5/h6-14,21-23,26,28-29,33H,15-20H2,1-5H3,(H,34,38)(H,35,36)/t21-,22-,23+,26-,28-,29+/m0/s1. The van der Waals surface area contributed by atoms with Gasteiger partial charge in [0, 0.05) is 43.5 Å². The Morgan fingerprint density at radius 3 is 2.50 bits per heavy atom. The number of nitrogens with one attached hydrogen (secondary N) is 3. The zero-order valence-electron chi connectivity index (χ0n) is 23.7. The van der Waals surface area contributed by atoms with Crippen LogP contribution in [0.2, 0.25) is 0 Å². The number of nitrogens with zero attached hydrogens (tertiary/aromatic N) is 2. The molecule has 1 heterocycles. The molecule has 6 rings (SSSR count). The molecule has 2 bridgehead atoms. The topological polar surface area (TPSA) is 68.8 Å². The van der Waals surface area contributed by atoms with Gasteiger partial charge >= 0.3 is 0 Å². The normalized spacial score (nSPS) is 29.2. The highest BCUT2D eigenvalue weighted by Crippen LogP contribution is 2.61. The first kappa shape index (κ1) is 26.7. The van der Waals surface area contributed by atoms with E-state index in [0.717, 1.165) is 43.1 Å². The molecular weight excluding hydrogens is 470 g/mol. The maximum Gasteiger partial charge on any atom is 0.251 e. The molecule has 1 aliphatic heterocycles. The molecule has 6 nitrogen and oxygen atoms in total. The highest BCUT2D eigenvalue weighted by atomic mass is 16.1. The number of amides is 1. The molecule has 38 heavy (non-hydrogen) atoms. The summed E-state index contributed by atoms with van der Waals surface area (Å²) < 4.78 is 0. The quantitative estimate of drug-likeness (QED) is 0.358. The molecule has 2 aromatic rings. The summed E-state index contributed by atoms with van der Waals surface area (Å²) in [4.78, 5) is 20.6. The Morgan fingerprint density at radius 2 is 1.84 bits per heavy atom. The fourth-order valence-corrected chi connectivity index (χ4v) is 6.85. The van der Waals surface area contributed by atoms with Crippen molar-refractivity contribution in [1.82, 2.24) is 15.5 Å². The summed E-state index contributed by atoms with van der Waals surface area (Å²) in [5.74, 6) is 3.34. The lowest BCUT2D eigenvalue weighted by molar-refractivity contribution is -0.108. The first-order valence-corrected chi connectivity index (χ1v) is 14.5.